The first-order chi connectivity index (χ1) is 9.81. The van der Waals surface area contributed by atoms with Crippen LogP contribution in [0.2, 0.25) is 0 Å². The van der Waals surface area contributed by atoms with E-state index in [1.54, 1.807) is 6.07 Å². The molecule has 0 aliphatic carbocycles. The number of nitrogen functional groups attached to an aromatic ring is 1. The van der Waals surface area contributed by atoms with Crippen molar-refractivity contribution in [3.05, 3.63) is 48.0 Å². The molecule has 0 spiro atoms. The SMILES string of the molecule is N#Cc1cccc(N2CCCOc3ccccc32)c1N. The molecule has 0 radical (unpaired) electrons. The smallest absolute Gasteiger partial charge is 0.142 e. The van der Waals surface area contributed by atoms with Crippen molar-refractivity contribution in [3.8, 4) is 11.8 Å². The minimum atomic E-state index is 0.505. The fourth-order valence-corrected chi connectivity index (χ4v) is 2.46. The highest BCUT2D eigenvalue weighted by Gasteiger charge is 2.20. The maximum Gasteiger partial charge on any atom is 0.142 e. The predicted molar refractivity (Wildman–Crippen MR) is 79.1 cm³/mol. The van der Waals surface area contributed by atoms with Crippen LogP contribution in [0, 0.1) is 11.3 Å². The number of nitrogens with zero attached hydrogens (tertiary/aromatic N) is 2. The summed E-state index contributed by atoms with van der Waals surface area (Å²) in [5, 5.41) is 9.12. The zero-order chi connectivity index (χ0) is 13.9. The third kappa shape index (κ3) is 2.04. The molecule has 2 aromatic carbocycles. The molecule has 0 saturated heterocycles. The van der Waals surface area contributed by atoms with Gasteiger partial charge in [0.15, 0.2) is 0 Å². The Bertz CT molecular complexity index is 676. The molecule has 0 bridgehead atoms. The second-order valence-electron chi connectivity index (χ2n) is 4.67. The van der Waals surface area contributed by atoms with Gasteiger partial charge in [0.1, 0.15) is 11.8 Å². The van der Waals surface area contributed by atoms with Crippen LogP contribution in [-0.4, -0.2) is 13.2 Å². The maximum atomic E-state index is 9.12. The largest absolute Gasteiger partial charge is 0.491 e. The van der Waals surface area contributed by atoms with Crippen molar-refractivity contribution >= 4 is 17.1 Å². The van der Waals surface area contributed by atoms with Crippen LogP contribution < -0.4 is 15.4 Å². The van der Waals surface area contributed by atoms with Crippen LogP contribution in [0.3, 0.4) is 0 Å². The Labute approximate surface area is 118 Å². The van der Waals surface area contributed by atoms with E-state index in [0.29, 0.717) is 17.9 Å². The fraction of sp³-hybridized carbons (Fsp3) is 0.188. The van der Waals surface area contributed by atoms with Gasteiger partial charge in [-0.15, -0.1) is 0 Å². The number of hydrogen-bond donors (Lipinski definition) is 1. The predicted octanol–water partition coefficient (Wildman–Crippen LogP) is 3.06. The van der Waals surface area contributed by atoms with Crippen LogP contribution in [0.1, 0.15) is 12.0 Å². The molecule has 0 amide bonds. The summed E-state index contributed by atoms with van der Waals surface area (Å²) in [6.45, 7) is 1.50. The summed E-state index contributed by atoms with van der Waals surface area (Å²) in [7, 11) is 0. The monoisotopic (exact) mass is 265 g/mol. The standard InChI is InChI=1S/C16H15N3O/c17-11-12-5-3-7-14(16(12)18)19-9-4-10-20-15-8-2-1-6-13(15)19/h1-3,5-8H,4,9-10,18H2. The van der Waals surface area contributed by atoms with Crippen molar-refractivity contribution in [2.75, 3.05) is 23.8 Å². The highest BCUT2D eigenvalue weighted by atomic mass is 16.5. The van der Waals surface area contributed by atoms with Gasteiger partial charge in [0.25, 0.3) is 0 Å². The number of hydrogen-bond acceptors (Lipinski definition) is 4. The highest BCUT2D eigenvalue weighted by molar-refractivity contribution is 5.81. The molecule has 100 valence electrons. The summed E-state index contributed by atoms with van der Waals surface area (Å²) in [6.07, 6.45) is 0.908. The van der Waals surface area contributed by atoms with E-state index in [2.05, 4.69) is 11.0 Å². The van der Waals surface area contributed by atoms with E-state index in [-0.39, 0.29) is 0 Å². The third-order valence-electron chi connectivity index (χ3n) is 3.43. The van der Waals surface area contributed by atoms with Gasteiger partial charge in [-0.25, -0.2) is 0 Å². The first-order valence-electron chi connectivity index (χ1n) is 6.59. The van der Waals surface area contributed by atoms with Crippen molar-refractivity contribution in [2.45, 2.75) is 6.42 Å². The molecule has 2 N–H and O–H groups in total. The number of nitriles is 1. The molecule has 2 aromatic rings. The van der Waals surface area contributed by atoms with Crippen LogP contribution in [0.25, 0.3) is 0 Å². The number of benzene rings is 2. The van der Waals surface area contributed by atoms with Crippen molar-refractivity contribution in [2.24, 2.45) is 0 Å². The van der Waals surface area contributed by atoms with Gasteiger partial charge >= 0.3 is 0 Å². The molecule has 1 aliphatic heterocycles. The molecule has 0 aromatic heterocycles. The van der Waals surface area contributed by atoms with E-state index < -0.39 is 0 Å². The molecule has 0 unspecified atom stereocenters. The minimum absolute atomic E-state index is 0.505. The summed E-state index contributed by atoms with van der Waals surface area (Å²) in [5.74, 6) is 0.853. The van der Waals surface area contributed by atoms with Crippen molar-refractivity contribution in [3.63, 3.8) is 0 Å². The molecular formula is C16H15N3O. The Morgan fingerprint density at radius 1 is 1.10 bits per heavy atom. The molecule has 0 saturated carbocycles. The van der Waals surface area contributed by atoms with E-state index in [9.17, 15) is 0 Å². The van der Waals surface area contributed by atoms with Gasteiger partial charge in [-0.2, -0.15) is 5.26 Å². The third-order valence-corrected chi connectivity index (χ3v) is 3.43. The molecular weight excluding hydrogens is 250 g/mol. The van der Waals surface area contributed by atoms with Gasteiger partial charge in [0.2, 0.25) is 0 Å². The lowest BCUT2D eigenvalue weighted by atomic mass is 10.1. The fourth-order valence-electron chi connectivity index (χ4n) is 2.46. The molecule has 0 fully saturated rings. The molecule has 3 rings (SSSR count). The van der Waals surface area contributed by atoms with Gasteiger partial charge in [-0.05, 0) is 30.7 Å². The van der Waals surface area contributed by atoms with Crippen LogP contribution in [0.5, 0.6) is 5.75 Å². The number of anilines is 3. The quantitative estimate of drug-likeness (QED) is 0.805. The molecule has 20 heavy (non-hydrogen) atoms. The van der Waals surface area contributed by atoms with Crippen LogP contribution >= 0.6 is 0 Å². The molecule has 4 nitrogen and oxygen atoms in total. The van der Waals surface area contributed by atoms with E-state index in [1.165, 1.54) is 0 Å². The maximum absolute atomic E-state index is 9.12. The summed E-state index contributed by atoms with van der Waals surface area (Å²) in [6, 6.07) is 15.6. The normalized spacial score (nSPS) is 13.8. The van der Waals surface area contributed by atoms with Crippen molar-refractivity contribution in [1.29, 1.82) is 5.26 Å². The zero-order valence-corrected chi connectivity index (χ0v) is 11.0. The average molecular weight is 265 g/mol. The van der Waals surface area contributed by atoms with Gasteiger partial charge in [0, 0.05) is 6.54 Å². The molecule has 0 atom stereocenters. The van der Waals surface area contributed by atoms with E-state index in [4.69, 9.17) is 15.7 Å². The number of nitrogens with two attached hydrogens (primary N) is 1. The Kier molecular flexibility index (Phi) is 3.18. The minimum Gasteiger partial charge on any atom is -0.491 e. The van der Waals surface area contributed by atoms with Crippen LogP contribution in [0.15, 0.2) is 42.5 Å². The molecule has 4 heteroatoms. The number of rotatable bonds is 1. The van der Waals surface area contributed by atoms with Gasteiger partial charge in [-0.1, -0.05) is 18.2 Å². The summed E-state index contributed by atoms with van der Waals surface area (Å²) < 4.78 is 5.75. The summed E-state index contributed by atoms with van der Waals surface area (Å²) in [5.41, 5.74) is 9.01. The number of fused-ring (bicyclic) bond motifs is 1. The van der Waals surface area contributed by atoms with Gasteiger partial charge in [-0.3, -0.25) is 0 Å². The van der Waals surface area contributed by atoms with Crippen molar-refractivity contribution < 1.29 is 4.74 Å². The zero-order valence-electron chi connectivity index (χ0n) is 11.0. The lowest BCUT2D eigenvalue weighted by molar-refractivity contribution is 0.322. The molecule has 1 heterocycles. The topological polar surface area (TPSA) is 62.3 Å². The Morgan fingerprint density at radius 3 is 2.75 bits per heavy atom. The number of ether oxygens (including phenoxy) is 1. The second kappa shape index (κ2) is 5.14. The summed E-state index contributed by atoms with van der Waals surface area (Å²) in [4.78, 5) is 2.12. The summed E-state index contributed by atoms with van der Waals surface area (Å²) >= 11 is 0. The van der Waals surface area contributed by atoms with E-state index in [0.717, 1.165) is 30.1 Å². The first-order valence-corrected chi connectivity index (χ1v) is 6.59. The van der Waals surface area contributed by atoms with Crippen LogP contribution in [0.4, 0.5) is 17.1 Å². The lowest BCUT2D eigenvalue weighted by Crippen LogP contribution is -2.19. The first kappa shape index (κ1) is 12.4. The Balaban J connectivity index is 2.13. The van der Waals surface area contributed by atoms with Gasteiger partial charge < -0.3 is 15.4 Å². The van der Waals surface area contributed by atoms with E-state index >= 15 is 0 Å². The van der Waals surface area contributed by atoms with Gasteiger partial charge in [0.05, 0.1) is 29.2 Å². The average Bonchev–Trinajstić information content (AvgIpc) is 2.70. The van der Waals surface area contributed by atoms with Crippen LogP contribution in [-0.2, 0) is 0 Å². The molecule has 1 aliphatic rings. The van der Waals surface area contributed by atoms with E-state index in [1.807, 2.05) is 36.4 Å². The second-order valence-corrected chi connectivity index (χ2v) is 4.67. The number of para-hydroxylation sites is 3. The Hall–Kier alpha value is -2.67. The Morgan fingerprint density at radius 2 is 1.90 bits per heavy atom. The highest BCUT2D eigenvalue weighted by Crippen LogP contribution is 2.38. The lowest BCUT2D eigenvalue weighted by Gasteiger charge is -2.25. The van der Waals surface area contributed by atoms with Crippen molar-refractivity contribution in [1.82, 2.24) is 0 Å².